The van der Waals surface area contributed by atoms with Crippen LogP contribution >= 0.6 is 11.6 Å². The van der Waals surface area contributed by atoms with E-state index in [0.717, 1.165) is 28.7 Å². The molecule has 3 aromatic rings. The highest BCUT2D eigenvalue weighted by Gasteiger charge is 2.42. The number of likely N-dealkylation sites (tertiary alicyclic amines) is 1. The van der Waals surface area contributed by atoms with Crippen LogP contribution in [0.1, 0.15) is 66.2 Å². The average Bonchev–Trinajstić information content (AvgIpc) is 3.43. The number of carbonyl (C=O) groups excluding carboxylic acids is 2. The minimum Gasteiger partial charge on any atom is -0.481 e. The van der Waals surface area contributed by atoms with Crippen LogP contribution in [0.3, 0.4) is 0 Å². The molecule has 2 aliphatic carbocycles. The van der Waals surface area contributed by atoms with E-state index in [-0.39, 0.29) is 34.1 Å². The lowest BCUT2D eigenvalue weighted by Crippen LogP contribution is -2.51. The van der Waals surface area contributed by atoms with E-state index in [0.29, 0.717) is 66.5 Å². The van der Waals surface area contributed by atoms with E-state index in [4.69, 9.17) is 26.1 Å². The van der Waals surface area contributed by atoms with Gasteiger partial charge in [0.05, 0.1) is 30.4 Å². The van der Waals surface area contributed by atoms with Crippen LogP contribution in [0.5, 0.6) is 5.88 Å². The number of rotatable bonds is 8. The predicted molar refractivity (Wildman–Crippen MR) is 171 cm³/mol. The summed E-state index contributed by atoms with van der Waals surface area (Å²) in [6.07, 6.45) is 5.96. The van der Waals surface area contributed by atoms with Crippen molar-refractivity contribution in [3.05, 3.63) is 91.3 Å². The van der Waals surface area contributed by atoms with Crippen LogP contribution in [0.2, 0.25) is 5.02 Å². The molecule has 12 heteroatoms. The van der Waals surface area contributed by atoms with Gasteiger partial charge in [-0.1, -0.05) is 17.7 Å². The van der Waals surface area contributed by atoms with Crippen molar-refractivity contribution in [3.8, 4) is 17.1 Å². The number of nitrogens with zero attached hydrogens (tertiary/aromatic N) is 4. The first-order valence-electron chi connectivity index (χ1n) is 15.3. The van der Waals surface area contributed by atoms with Gasteiger partial charge in [-0.05, 0) is 80.5 Å². The number of benzene rings is 1. The Bertz CT molecular complexity index is 1860. The van der Waals surface area contributed by atoms with Gasteiger partial charge in [0.2, 0.25) is 5.88 Å². The summed E-state index contributed by atoms with van der Waals surface area (Å²) in [4.78, 5) is 44.7. The molecule has 0 unspecified atom stereocenters. The summed E-state index contributed by atoms with van der Waals surface area (Å²) in [6.45, 7) is 5.24. The Morgan fingerprint density at radius 2 is 1.98 bits per heavy atom. The maximum absolute atomic E-state index is 15.6. The molecule has 0 spiro atoms. The van der Waals surface area contributed by atoms with Gasteiger partial charge in [0.15, 0.2) is 0 Å². The molecular weight excluding hydrogens is 613 g/mol. The summed E-state index contributed by atoms with van der Waals surface area (Å²) in [5, 5.41) is 6.90. The first kappa shape index (κ1) is 31.6. The van der Waals surface area contributed by atoms with Crippen LogP contribution < -0.4 is 15.6 Å². The third-order valence-electron chi connectivity index (χ3n) is 9.06. The minimum absolute atomic E-state index is 0.0451. The second-order valence-corrected chi connectivity index (χ2v) is 12.1. The number of nitrogens with one attached hydrogen (secondary N) is 1. The van der Waals surface area contributed by atoms with E-state index in [1.807, 2.05) is 19.1 Å². The first-order chi connectivity index (χ1) is 22.1. The lowest BCUT2D eigenvalue weighted by atomic mass is 9.88. The summed E-state index contributed by atoms with van der Waals surface area (Å²) in [5.74, 6) is -0.854. The number of esters is 1. The third-order valence-corrected chi connectivity index (χ3v) is 9.45. The van der Waals surface area contributed by atoms with Crippen LogP contribution in [0.15, 0.2) is 52.6 Å². The number of carbonyl (C=O) groups is 2. The Morgan fingerprint density at radius 3 is 2.72 bits per heavy atom. The fourth-order valence-electron chi connectivity index (χ4n) is 6.63. The fourth-order valence-corrected chi connectivity index (χ4v) is 7.00. The Kier molecular flexibility index (Phi) is 8.80. The number of fused-ring (bicyclic) bond motifs is 1. The van der Waals surface area contributed by atoms with Gasteiger partial charge in [0.1, 0.15) is 11.4 Å². The van der Waals surface area contributed by atoms with Crippen LogP contribution in [-0.4, -0.2) is 58.3 Å². The molecule has 2 aromatic heterocycles. The van der Waals surface area contributed by atoms with Crippen LogP contribution in [0.4, 0.5) is 4.39 Å². The quantitative estimate of drug-likeness (QED) is 0.340. The third kappa shape index (κ3) is 5.62. The van der Waals surface area contributed by atoms with Gasteiger partial charge < -0.3 is 14.8 Å². The molecule has 3 heterocycles. The predicted octanol–water partition coefficient (Wildman–Crippen LogP) is 5.01. The molecule has 3 aliphatic rings. The topological polar surface area (TPSA) is 116 Å². The van der Waals surface area contributed by atoms with E-state index in [2.05, 4.69) is 15.3 Å². The number of halogens is 2. The number of hydrogen-bond acceptors (Lipinski definition) is 8. The number of amides is 1. The standard InChI is InChI=1S/C34H35ClFN5O5/c1-5-46-34(44)20-16-41(17-20)27-12-9-19-15-26(39-32(45-4)28(19)27)22-10-11-24(36)29(30(22)35)21-7-6-8-25(18(21)2)38-31(42)23-13-14-37-40(3)33(23)43/h8,10-11,13-15,20,27H,5-7,9,12,16-17H2,1-4H3,(H,38,42)/t27-/m0/s1. The van der Waals surface area contributed by atoms with Gasteiger partial charge >= 0.3 is 5.97 Å². The molecular formula is C34H35ClFN5O5. The summed E-state index contributed by atoms with van der Waals surface area (Å²) >= 11 is 7.00. The average molecular weight is 648 g/mol. The number of ether oxygens (including phenoxy) is 2. The van der Waals surface area contributed by atoms with E-state index in [1.165, 1.54) is 25.4 Å². The summed E-state index contributed by atoms with van der Waals surface area (Å²) in [6, 6.07) is 6.45. The molecule has 1 amide bonds. The van der Waals surface area contributed by atoms with Crippen molar-refractivity contribution in [2.24, 2.45) is 13.0 Å². The lowest BCUT2D eigenvalue weighted by molar-refractivity contribution is -0.155. The monoisotopic (exact) mass is 647 g/mol. The Labute approximate surface area is 270 Å². The minimum atomic E-state index is -0.572. The molecule has 1 saturated heterocycles. The van der Waals surface area contributed by atoms with Crippen LogP contribution in [0.25, 0.3) is 16.8 Å². The Balaban J connectivity index is 1.30. The van der Waals surface area contributed by atoms with Gasteiger partial charge in [0.25, 0.3) is 11.5 Å². The van der Waals surface area contributed by atoms with Crippen molar-refractivity contribution >= 4 is 29.1 Å². The normalized spacial score (nSPS) is 18.1. The van der Waals surface area contributed by atoms with Crippen molar-refractivity contribution in [1.82, 2.24) is 25.0 Å². The van der Waals surface area contributed by atoms with Crippen molar-refractivity contribution in [2.75, 3.05) is 26.8 Å². The van der Waals surface area contributed by atoms with Crippen molar-refractivity contribution in [2.45, 2.75) is 45.6 Å². The molecule has 1 N–H and O–H groups in total. The maximum Gasteiger partial charge on any atom is 0.311 e. The highest BCUT2D eigenvalue weighted by atomic mass is 35.5. The van der Waals surface area contributed by atoms with E-state index in [9.17, 15) is 14.4 Å². The second kappa shape index (κ2) is 12.8. The molecule has 1 atom stereocenters. The Morgan fingerprint density at radius 1 is 1.20 bits per heavy atom. The van der Waals surface area contributed by atoms with Crippen LogP contribution in [0, 0.1) is 11.7 Å². The first-order valence-corrected chi connectivity index (χ1v) is 15.7. The van der Waals surface area contributed by atoms with Gasteiger partial charge in [-0.2, -0.15) is 5.10 Å². The summed E-state index contributed by atoms with van der Waals surface area (Å²) in [7, 11) is 3.05. The number of pyridine rings is 1. The molecule has 0 bridgehead atoms. The molecule has 1 fully saturated rings. The zero-order valence-corrected chi connectivity index (χ0v) is 26.9. The molecule has 1 aromatic carbocycles. The van der Waals surface area contributed by atoms with Gasteiger partial charge in [-0.25, -0.2) is 14.1 Å². The molecule has 240 valence electrons. The number of allylic oxidation sites excluding steroid dienone is 3. The molecule has 6 rings (SSSR count). The van der Waals surface area contributed by atoms with Gasteiger partial charge in [-0.15, -0.1) is 0 Å². The summed E-state index contributed by atoms with van der Waals surface area (Å²) in [5.41, 5.74) is 4.71. The van der Waals surface area contributed by atoms with E-state index in [1.54, 1.807) is 20.1 Å². The number of aromatic nitrogens is 3. The van der Waals surface area contributed by atoms with Crippen molar-refractivity contribution in [1.29, 1.82) is 0 Å². The van der Waals surface area contributed by atoms with Gasteiger partial charge in [0, 0.05) is 54.8 Å². The zero-order chi connectivity index (χ0) is 32.7. The number of methoxy groups -OCH3 is 1. The zero-order valence-electron chi connectivity index (χ0n) is 26.2. The second-order valence-electron chi connectivity index (χ2n) is 11.7. The SMILES string of the molecule is CCOC(=O)C1CN([C@H]2CCc3cc(-c4ccc(F)c(C5=C(C)C(NC(=O)c6ccnn(C)c6=O)=CCC5)c4Cl)nc(OC)c32)C1. The van der Waals surface area contributed by atoms with Gasteiger partial charge in [-0.3, -0.25) is 19.3 Å². The van der Waals surface area contributed by atoms with Crippen molar-refractivity contribution in [3.63, 3.8) is 0 Å². The lowest BCUT2D eigenvalue weighted by Gasteiger charge is -2.42. The highest BCUT2D eigenvalue weighted by Crippen LogP contribution is 2.46. The highest BCUT2D eigenvalue weighted by molar-refractivity contribution is 6.35. The van der Waals surface area contributed by atoms with E-state index >= 15 is 4.39 Å². The van der Waals surface area contributed by atoms with Crippen LogP contribution in [-0.2, 0) is 23.0 Å². The smallest absolute Gasteiger partial charge is 0.311 e. The van der Waals surface area contributed by atoms with Crippen molar-refractivity contribution < 1.29 is 23.5 Å². The number of aryl methyl sites for hydroxylation is 2. The molecule has 0 saturated carbocycles. The molecule has 1 aliphatic heterocycles. The molecule has 46 heavy (non-hydrogen) atoms. The molecule has 10 nitrogen and oxygen atoms in total. The van der Waals surface area contributed by atoms with E-state index < -0.39 is 17.3 Å². The Hall–Kier alpha value is -4.35. The maximum atomic E-state index is 15.6. The summed E-state index contributed by atoms with van der Waals surface area (Å²) < 4.78 is 27.6. The largest absolute Gasteiger partial charge is 0.481 e. The molecule has 0 radical (unpaired) electrons. The fraction of sp³-hybridized carbons (Fsp3) is 0.382. The number of hydrogen-bond donors (Lipinski definition) is 1.